The number of hydrogen-bond acceptors (Lipinski definition) is 1. The van der Waals surface area contributed by atoms with Gasteiger partial charge in [0.25, 0.3) is 0 Å². The van der Waals surface area contributed by atoms with E-state index in [4.69, 9.17) is 0 Å². The largest absolute Gasteiger partial charge is 0.328 e. The lowest BCUT2D eigenvalue weighted by Gasteiger charge is -2.03. The number of imidazole rings is 1. The van der Waals surface area contributed by atoms with Crippen molar-refractivity contribution in [3.8, 4) is 0 Å². The molecule has 0 aliphatic heterocycles. The fourth-order valence-corrected chi connectivity index (χ4v) is 2.04. The average Bonchev–Trinajstić information content (AvgIpc) is 2.58. The Morgan fingerprint density at radius 3 is 3.00 bits per heavy atom. The standard InChI is InChI=1S/C11H12BrFN2/c1-2-3-4-15-7-14-10-6-8(12)5-9(13)11(10)15/h5-7H,2-4H2,1H3. The van der Waals surface area contributed by atoms with E-state index in [0.29, 0.717) is 11.0 Å². The number of nitrogens with zero attached hydrogens (tertiary/aromatic N) is 2. The lowest BCUT2D eigenvalue weighted by Crippen LogP contribution is -1.97. The molecule has 0 atom stereocenters. The summed E-state index contributed by atoms with van der Waals surface area (Å²) in [6, 6.07) is 3.31. The third-order valence-corrected chi connectivity index (χ3v) is 2.84. The van der Waals surface area contributed by atoms with Crippen LogP contribution in [0.25, 0.3) is 11.0 Å². The maximum Gasteiger partial charge on any atom is 0.150 e. The molecule has 0 aliphatic carbocycles. The van der Waals surface area contributed by atoms with E-state index in [9.17, 15) is 4.39 Å². The summed E-state index contributed by atoms with van der Waals surface area (Å²) in [7, 11) is 0. The number of benzene rings is 1. The summed E-state index contributed by atoms with van der Waals surface area (Å²) >= 11 is 3.26. The number of aryl methyl sites for hydroxylation is 1. The molecule has 0 bridgehead atoms. The fourth-order valence-electron chi connectivity index (χ4n) is 1.62. The number of fused-ring (bicyclic) bond motifs is 1. The molecule has 0 fully saturated rings. The molecule has 0 amide bonds. The van der Waals surface area contributed by atoms with Crippen LogP contribution in [-0.2, 0) is 6.54 Å². The average molecular weight is 271 g/mol. The maximum absolute atomic E-state index is 13.7. The van der Waals surface area contributed by atoms with Crippen LogP contribution in [0, 0.1) is 5.82 Å². The molecule has 0 N–H and O–H groups in total. The van der Waals surface area contributed by atoms with Crippen molar-refractivity contribution in [3.63, 3.8) is 0 Å². The lowest BCUT2D eigenvalue weighted by atomic mass is 10.3. The van der Waals surface area contributed by atoms with Gasteiger partial charge in [-0.15, -0.1) is 0 Å². The predicted molar refractivity (Wildman–Crippen MR) is 62.3 cm³/mol. The minimum atomic E-state index is -0.215. The van der Waals surface area contributed by atoms with Crippen LogP contribution in [-0.4, -0.2) is 9.55 Å². The van der Waals surface area contributed by atoms with Crippen molar-refractivity contribution in [3.05, 3.63) is 28.7 Å². The van der Waals surface area contributed by atoms with Gasteiger partial charge < -0.3 is 4.57 Å². The highest BCUT2D eigenvalue weighted by Crippen LogP contribution is 2.22. The first-order valence-electron chi connectivity index (χ1n) is 5.02. The molecule has 80 valence electrons. The van der Waals surface area contributed by atoms with Crippen LogP contribution in [0.5, 0.6) is 0 Å². The van der Waals surface area contributed by atoms with E-state index in [1.54, 1.807) is 6.33 Å². The maximum atomic E-state index is 13.7. The van der Waals surface area contributed by atoms with E-state index in [1.165, 1.54) is 6.07 Å². The van der Waals surface area contributed by atoms with E-state index in [-0.39, 0.29) is 5.82 Å². The van der Waals surface area contributed by atoms with Gasteiger partial charge in [-0.2, -0.15) is 0 Å². The second kappa shape index (κ2) is 4.31. The van der Waals surface area contributed by atoms with Gasteiger partial charge in [-0.25, -0.2) is 9.37 Å². The Kier molecular flexibility index (Phi) is 3.05. The summed E-state index contributed by atoms with van der Waals surface area (Å²) in [4.78, 5) is 4.19. The van der Waals surface area contributed by atoms with Crippen LogP contribution in [0.15, 0.2) is 22.9 Å². The summed E-state index contributed by atoms with van der Waals surface area (Å²) in [6.45, 7) is 2.94. The topological polar surface area (TPSA) is 17.8 Å². The Hall–Kier alpha value is -0.900. The molecule has 1 aromatic carbocycles. The second-order valence-electron chi connectivity index (χ2n) is 3.55. The molecule has 2 aromatic rings. The van der Waals surface area contributed by atoms with Crippen molar-refractivity contribution >= 4 is 27.0 Å². The Bertz CT molecular complexity index is 479. The molecule has 2 rings (SSSR count). The van der Waals surface area contributed by atoms with Crippen molar-refractivity contribution < 1.29 is 4.39 Å². The normalized spacial score (nSPS) is 11.1. The van der Waals surface area contributed by atoms with Crippen LogP contribution in [0.3, 0.4) is 0 Å². The molecule has 0 radical (unpaired) electrons. The molecule has 2 nitrogen and oxygen atoms in total. The zero-order valence-corrected chi connectivity index (χ0v) is 10.1. The SMILES string of the molecule is CCCCn1cnc2cc(Br)cc(F)c21. The van der Waals surface area contributed by atoms with E-state index in [0.717, 1.165) is 23.9 Å². The summed E-state index contributed by atoms with van der Waals surface area (Å²) in [5.41, 5.74) is 1.31. The quantitative estimate of drug-likeness (QED) is 0.831. The van der Waals surface area contributed by atoms with Crippen LogP contribution in [0.4, 0.5) is 4.39 Å². The van der Waals surface area contributed by atoms with E-state index in [2.05, 4.69) is 27.8 Å². The third-order valence-electron chi connectivity index (χ3n) is 2.38. The Morgan fingerprint density at radius 2 is 2.27 bits per heavy atom. The molecule has 0 aliphatic rings. The van der Waals surface area contributed by atoms with Gasteiger partial charge in [-0.05, 0) is 18.6 Å². The summed E-state index contributed by atoms with van der Waals surface area (Å²) in [5, 5.41) is 0. The van der Waals surface area contributed by atoms with E-state index < -0.39 is 0 Å². The van der Waals surface area contributed by atoms with Gasteiger partial charge in [0.05, 0.1) is 11.8 Å². The minimum Gasteiger partial charge on any atom is -0.328 e. The van der Waals surface area contributed by atoms with Crippen molar-refractivity contribution in [2.45, 2.75) is 26.3 Å². The van der Waals surface area contributed by atoms with Crippen LogP contribution >= 0.6 is 15.9 Å². The summed E-state index contributed by atoms with van der Waals surface area (Å²) in [5.74, 6) is -0.215. The van der Waals surface area contributed by atoms with Crippen LogP contribution < -0.4 is 0 Å². The van der Waals surface area contributed by atoms with Crippen LogP contribution in [0.2, 0.25) is 0 Å². The fraction of sp³-hybridized carbons (Fsp3) is 0.364. The first kappa shape index (κ1) is 10.6. The number of halogens is 2. The highest BCUT2D eigenvalue weighted by Gasteiger charge is 2.08. The van der Waals surface area contributed by atoms with Gasteiger partial charge in [0.15, 0.2) is 0 Å². The molecule has 0 unspecified atom stereocenters. The highest BCUT2D eigenvalue weighted by atomic mass is 79.9. The molecule has 0 saturated carbocycles. The number of hydrogen-bond donors (Lipinski definition) is 0. The number of aromatic nitrogens is 2. The molecular formula is C11H12BrFN2. The minimum absolute atomic E-state index is 0.215. The van der Waals surface area contributed by atoms with Crippen molar-refractivity contribution in [1.29, 1.82) is 0 Å². The monoisotopic (exact) mass is 270 g/mol. The van der Waals surface area contributed by atoms with Gasteiger partial charge in [-0.1, -0.05) is 29.3 Å². The Labute approximate surface area is 96.2 Å². The number of unbranched alkanes of at least 4 members (excludes halogenated alkanes) is 1. The first-order valence-corrected chi connectivity index (χ1v) is 5.81. The predicted octanol–water partition coefficient (Wildman–Crippen LogP) is 3.74. The van der Waals surface area contributed by atoms with E-state index in [1.807, 2.05) is 10.6 Å². The lowest BCUT2D eigenvalue weighted by molar-refractivity contribution is 0.605. The van der Waals surface area contributed by atoms with Gasteiger partial charge in [0.1, 0.15) is 11.3 Å². The molecule has 0 spiro atoms. The molecule has 0 saturated heterocycles. The molecule has 1 heterocycles. The van der Waals surface area contributed by atoms with Crippen molar-refractivity contribution in [2.24, 2.45) is 0 Å². The van der Waals surface area contributed by atoms with Gasteiger partial charge in [-0.3, -0.25) is 0 Å². The Balaban J connectivity index is 2.49. The summed E-state index contributed by atoms with van der Waals surface area (Å²) < 4.78 is 16.3. The second-order valence-corrected chi connectivity index (χ2v) is 4.46. The zero-order valence-electron chi connectivity index (χ0n) is 8.50. The zero-order chi connectivity index (χ0) is 10.8. The molecule has 4 heteroatoms. The van der Waals surface area contributed by atoms with Crippen molar-refractivity contribution in [1.82, 2.24) is 9.55 Å². The molecule has 1 aromatic heterocycles. The number of rotatable bonds is 3. The smallest absolute Gasteiger partial charge is 0.150 e. The van der Waals surface area contributed by atoms with Crippen molar-refractivity contribution in [2.75, 3.05) is 0 Å². The molecular weight excluding hydrogens is 259 g/mol. The van der Waals surface area contributed by atoms with Gasteiger partial charge in [0.2, 0.25) is 0 Å². The van der Waals surface area contributed by atoms with Crippen LogP contribution in [0.1, 0.15) is 19.8 Å². The first-order chi connectivity index (χ1) is 7.22. The van der Waals surface area contributed by atoms with Gasteiger partial charge >= 0.3 is 0 Å². The Morgan fingerprint density at radius 1 is 1.47 bits per heavy atom. The van der Waals surface area contributed by atoms with E-state index >= 15 is 0 Å². The summed E-state index contributed by atoms with van der Waals surface area (Å²) in [6.07, 6.45) is 3.84. The third kappa shape index (κ3) is 2.04. The van der Waals surface area contributed by atoms with Gasteiger partial charge in [0, 0.05) is 11.0 Å². The molecule has 15 heavy (non-hydrogen) atoms. The highest BCUT2D eigenvalue weighted by molar-refractivity contribution is 9.10.